The highest BCUT2D eigenvalue weighted by Crippen LogP contribution is 2.26. The molecule has 2 aromatic heterocycles. The molecule has 0 radical (unpaired) electrons. The van der Waals surface area contributed by atoms with Crippen molar-refractivity contribution in [1.29, 1.82) is 0 Å². The van der Waals surface area contributed by atoms with Gasteiger partial charge in [0.1, 0.15) is 4.83 Å². The maximum atomic E-state index is 12.8. The zero-order valence-electron chi connectivity index (χ0n) is 12.0. The molecule has 4 nitrogen and oxygen atoms in total. The first-order valence-corrected chi connectivity index (χ1v) is 7.67. The molecule has 0 saturated heterocycles. The molecule has 2 heterocycles. The van der Waals surface area contributed by atoms with Crippen molar-refractivity contribution in [3.8, 4) is 0 Å². The Morgan fingerprint density at radius 3 is 2.67 bits per heavy atom. The number of aryl methyl sites for hydroxylation is 2. The second-order valence-corrected chi connectivity index (χ2v) is 6.29. The summed E-state index contributed by atoms with van der Waals surface area (Å²) in [4.78, 5) is 19.2. The van der Waals surface area contributed by atoms with Gasteiger partial charge in [-0.15, -0.1) is 11.3 Å². The molecule has 0 bridgehead atoms. The fourth-order valence-electron chi connectivity index (χ4n) is 2.56. The van der Waals surface area contributed by atoms with Crippen LogP contribution in [-0.4, -0.2) is 16.1 Å². The molecule has 3 rings (SSSR count). The number of nitrogens with zero attached hydrogens (tertiary/aromatic N) is 2. The van der Waals surface area contributed by atoms with Crippen LogP contribution >= 0.6 is 11.3 Å². The van der Waals surface area contributed by atoms with Crippen LogP contribution in [0.2, 0.25) is 0 Å². The Hall–Kier alpha value is -1.98. The molecule has 3 aromatic rings. The van der Waals surface area contributed by atoms with E-state index in [1.807, 2.05) is 44.2 Å². The highest BCUT2D eigenvalue weighted by Gasteiger charge is 2.17. The third-order valence-corrected chi connectivity index (χ3v) is 4.97. The normalized spacial score (nSPS) is 12.7. The van der Waals surface area contributed by atoms with E-state index >= 15 is 0 Å². The van der Waals surface area contributed by atoms with Crippen molar-refractivity contribution in [2.24, 2.45) is 5.73 Å². The molecule has 21 heavy (non-hydrogen) atoms. The minimum atomic E-state index is -0.185. The molecule has 2 N–H and O–H groups in total. The number of hydrogen-bond donors (Lipinski definition) is 1. The Labute approximate surface area is 126 Å². The monoisotopic (exact) mass is 299 g/mol. The van der Waals surface area contributed by atoms with Crippen LogP contribution in [0, 0.1) is 13.8 Å². The minimum absolute atomic E-state index is 0.0128. The molecule has 0 aliphatic heterocycles. The molecule has 0 spiro atoms. The molecule has 1 aromatic carbocycles. The van der Waals surface area contributed by atoms with E-state index in [0.717, 1.165) is 26.2 Å². The van der Waals surface area contributed by atoms with Gasteiger partial charge >= 0.3 is 0 Å². The minimum Gasteiger partial charge on any atom is -0.328 e. The van der Waals surface area contributed by atoms with Crippen LogP contribution in [-0.2, 0) is 0 Å². The van der Waals surface area contributed by atoms with Crippen molar-refractivity contribution in [3.05, 3.63) is 63.0 Å². The van der Waals surface area contributed by atoms with Crippen LogP contribution in [0.1, 0.15) is 22.0 Å². The van der Waals surface area contributed by atoms with Crippen LogP contribution in [0.15, 0.2) is 41.5 Å². The maximum Gasteiger partial charge on any atom is 0.262 e. The van der Waals surface area contributed by atoms with E-state index in [1.165, 1.54) is 0 Å². The fraction of sp³-hybridized carbons (Fsp3) is 0.250. The van der Waals surface area contributed by atoms with Crippen LogP contribution in [0.25, 0.3) is 10.2 Å². The van der Waals surface area contributed by atoms with Gasteiger partial charge in [-0.25, -0.2) is 4.98 Å². The molecule has 0 saturated carbocycles. The van der Waals surface area contributed by atoms with Crippen molar-refractivity contribution in [1.82, 2.24) is 9.55 Å². The lowest BCUT2D eigenvalue weighted by Gasteiger charge is -2.18. The Morgan fingerprint density at radius 2 is 2.00 bits per heavy atom. The summed E-state index contributed by atoms with van der Waals surface area (Å²) >= 11 is 1.56. The molecule has 5 heteroatoms. The van der Waals surface area contributed by atoms with Gasteiger partial charge in [0.15, 0.2) is 0 Å². The zero-order valence-corrected chi connectivity index (χ0v) is 12.9. The van der Waals surface area contributed by atoms with Gasteiger partial charge in [0.25, 0.3) is 5.56 Å². The van der Waals surface area contributed by atoms with E-state index in [0.29, 0.717) is 6.54 Å². The van der Waals surface area contributed by atoms with Crippen molar-refractivity contribution in [3.63, 3.8) is 0 Å². The van der Waals surface area contributed by atoms with Gasteiger partial charge in [-0.05, 0) is 25.0 Å². The average Bonchev–Trinajstić information content (AvgIpc) is 2.79. The van der Waals surface area contributed by atoms with Gasteiger partial charge in [-0.2, -0.15) is 0 Å². The van der Waals surface area contributed by atoms with Crippen LogP contribution in [0.4, 0.5) is 0 Å². The Bertz CT molecular complexity index is 836. The van der Waals surface area contributed by atoms with E-state index in [4.69, 9.17) is 5.73 Å². The summed E-state index contributed by atoms with van der Waals surface area (Å²) in [5.41, 5.74) is 7.94. The summed E-state index contributed by atoms with van der Waals surface area (Å²) in [7, 11) is 0. The van der Waals surface area contributed by atoms with E-state index in [2.05, 4.69) is 4.98 Å². The standard InChI is InChI=1S/C16H17N3OS/c1-10-11(2)21-15-14(10)16(20)19(9-18-15)13(8-17)12-6-4-3-5-7-12/h3-7,9,13H,8,17H2,1-2H3. The number of hydrogen-bond acceptors (Lipinski definition) is 4. The Morgan fingerprint density at radius 1 is 1.29 bits per heavy atom. The lowest BCUT2D eigenvalue weighted by molar-refractivity contribution is 0.570. The van der Waals surface area contributed by atoms with Crippen molar-refractivity contribution < 1.29 is 0 Å². The molecule has 0 fully saturated rings. The van der Waals surface area contributed by atoms with Gasteiger partial charge in [-0.3, -0.25) is 9.36 Å². The summed E-state index contributed by atoms with van der Waals surface area (Å²) < 4.78 is 1.65. The highest BCUT2D eigenvalue weighted by atomic mass is 32.1. The second kappa shape index (κ2) is 5.42. The van der Waals surface area contributed by atoms with Crippen molar-refractivity contribution in [2.75, 3.05) is 6.54 Å². The molecule has 0 aliphatic carbocycles. The maximum absolute atomic E-state index is 12.8. The summed E-state index contributed by atoms with van der Waals surface area (Å²) in [5.74, 6) is 0. The third kappa shape index (κ3) is 2.28. The van der Waals surface area contributed by atoms with Gasteiger partial charge < -0.3 is 5.73 Å². The van der Waals surface area contributed by atoms with Gasteiger partial charge in [0, 0.05) is 11.4 Å². The molecule has 0 amide bonds. The molecular weight excluding hydrogens is 282 g/mol. The number of rotatable bonds is 3. The number of aromatic nitrogens is 2. The van der Waals surface area contributed by atoms with Crippen LogP contribution in [0.3, 0.4) is 0 Å². The molecule has 0 aliphatic rings. The lowest BCUT2D eigenvalue weighted by Crippen LogP contribution is -2.30. The summed E-state index contributed by atoms with van der Waals surface area (Å²) in [5, 5.41) is 0.717. The topological polar surface area (TPSA) is 60.9 Å². The predicted octanol–water partition coefficient (Wildman–Crippen LogP) is 2.62. The van der Waals surface area contributed by atoms with E-state index in [9.17, 15) is 4.79 Å². The summed E-state index contributed by atoms with van der Waals surface area (Å²) in [6, 6.07) is 9.65. The Balaban J connectivity index is 2.22. The van der Waals surface area contributed by atoms with Crippen LogP contribution in [0.5, 0.6) is 0 Å². The van der Waals surface area contributed by atoms with E-state index in [-0.39, 0.29) is 11.6 Å². The first-order valence-electron chi connectivity index (χ1n) is 6.85. The third-order valence-electron chi connectivity index (χ3n) is 3.86. The number of benzene rings is 1. The Kier molecular flexibility index (Phi) is 3.61. The van der Waals surface area contributed by atoms with Gasteiger partial charge in [-0.1, -0.05) is 30.3 Å². The highest BCUT2D eigenvalue weighted by molar-refractivity contribution is 7.18. The zero-order chi connectivity index (χ0) is 15.0. The second-order valence-electron chi connectivity index (χ2n) is 5.08. The number of thiophene rings is 1. The summed E-state index contributed by atoms with van der Waals surface area (Å²) in [6.07, 6.45) is 1.62. The quantitative estimate of drug-likeness (QED) is 0.808. The van der Waals surface area contributed by atoms with Gasteiger partial charge in [0.05, 0.1) is 17.8 Å². The molecule has 108 valence electrons. The SMILES string of the molecule is Cc1sc2ncn(C(CN)c3ccccc3)c(=O)c2c1C. The molecule has 1 unspecified atom stereocenters. The smallest absolute Gasteiger partial charge is 0.262 e. The molecular formula is C16H17N3OS. The lowest BCUT2D eigenvalue weighted by atomic mass is 10.1. The van der Waals surface area contributed by atoms with Gasteiger partial charge in [0.2, 0.25) is 0 Å². The van der Waals surface area contributed by atoms with E-state index in [1.54, 1.807) is 22.2 Å². The van der Waals surface area contributed by atoms with E-state index < -0.39 is 0 Å². The van der Waals surface area contributed by atoms with Crippen LogP contribution < -0.4 is 11.3 Å². The number of nitrogens with two attached hydrogens (primary N) is 1. The average molecular weight is 299 g/mol. The fourth-order valence-corrected chi connectivity index (χ4v) is 3.54. The number of fused-ring (bicyclic) bond motifs is 1. The van der Waals surface area contributed by atoms with Crippen molar-refractivity contribution >= 4 is 21.6 Å². The molecule has 1 atom stereocenters. The summed E-state index contributed by atoms with van der Waals surface area (Å²) in [6.45, 7) is 4.35. The van der Waals surface area contributed by atoms with Crippen molar-refractivity contribution in [2.45, 2.75) is 19.9 Å². The largest absolute Gasteiger partial charge is 0.328 e. The first-order chi connectivity index (χ1) is 10.1. The first kappa shape index (κ1) is 14.0. The predicted molar refractivity (Wildman–Crippen MR) is 87.0 cm³/mol.